The van der Waals surface area contributed by atoms with E-state index < -0.39 is 0 Å². The van der Waals surface area contributed by atoms with Crippen molar-refractivity contribution in [2.45, 2.75) is 32.7 Å². The van der Waals surface area contributed by atoms with Gasteiger partial charge >= 0.3 is 0 Å². The third-order valence-electron chi connectivity index (χ3n) is 4.44. The quantitative estimate of drug-likeness (QED) is 0.935. The molecule has 0 aromatic heterocycles. The molecule has 1 aliphatic heterocycles. The standard InChI is InChI=1S/C20H22N2O2/c1-14-5-7-16(8-6-14)15(2)21-20(24)17-9-11-18(12-10-17)22-13-3-4-19(22)23/h5-12,15H,3-4,13H2,1-2H3,(H,21,24). The van der Waals surface area contributed by atoms with E-state index in [1.807, 2.05) is 50.2 Å². The van der Waals surface area contributed by atoms with E-state index in [9.17, 15) is 9.59 Å². The van der Waals surface area contributed by atoms with E-state index in [1.165, 1.54) is 5.56 Å². The Morgan fingerprint density at radius 2 is 1.75 bits per heavy atom. The molecule has 1 fully saturated rings. The van der Waals surface area contributed by atoms with E-state index in [2.05, 4.69) is 5.32 Å². The van der Waals surface area contributed by atoms with Crippen LogP contribution in [0, 0.1) is 6.92 Å². The number of nitrogens with zero attached hydrogens (tertiary/aromatic N) is 1. The lowest BCUT2D eigenvalue weighted by Crippen LogP contribution is -2.27. The van der Waals surface area contributed by atoms with E-state index in [4.69, 9.17) is 0 Å². The molecule has 3 rings (SSSR count). The largest absolute Gasteiger partial charge is 0.346 e. The van der Waals surface area contributed by atoms with Gasteiger partial charge in [0.25, 0.3) is 5.91 Å². The predicted octanol–water partition coefficient (Wildman–Crippen LogP) is 3.61. The molecule has 1 aliphatic rings. The molecule has 24 heavy (non-hydrogen) atoms. The summed E-state index contributed by atoms with van der Waals surface area (Å²) in [4.78, 5) is 25.9. The Morgan fingerprint density at radius 1 is 1.08 bits per heavy atom. The molecule has 2 amide bonds. The van der Waals surface area contributed by atoms with Crippen molar-refractivity contribution in [3.63, 3.8) is 0 Å². The van der Waals surface area contributed by atoms with Gasteiger partial charge in [0.1, 0.15) is 0 Å². The zero-order valence-corrected chi connectivity index (χ0v) is 14.1. The summed E-state index contributed by atoms with van der Waals surface area (Å²) in [5.74, 6) is 0.0440. The molecule has 4 heteroatoms. The second-order valence-corrected chi connectivity index (χ2v) is 6.30. The van der Waals surface area contributed by atoms with Crippen LogP contribution in [0.4, 0.5) is 5.69 Å². The number of hydrogen-bond donors (Lipinski definition) is 1. The maximum absolute atomic E-state index is 12.4. The highest BCUT2D eigenvalue weighted by Gasteiger charge is 2.21. The molecule has 4 nitrogen and oxygen atoms in total. The van der Waals surface area contributed by atoms with Gasteiger partial charge in [-0.3, -0.25) is 9.59 Å². The lowest BCUT2D eigenvalue weighted by atomic mass is 10.1. The topological polar surface area (TPSA) is 49.4 Å². The molecule has 1 atom stereocenters. The maximum atomic E-state index is 12.4. The minimum absolute atomic E-state index is 0.0575. The molecule has 0 spiro atoms. The van der Waals surface area contributed by atoms with Crippen LogP contribution in [0.25, 0.3) is 0 Å². The average molecular weight is 322 g/mol. The number of amides is 2. The van der Waals surface area contributed by atoms with Crippen LogP contribution in [-0.4, -0.2) is 18.4 Å². The van der Waals surface area contributed by atoms with Crippen molar-refractivity contribution >= 4 is 17.5 Å². The highest BCUT2D eigenvalue weighted by Crippen LogP contribution is 2.22. The molecular weight excluding hydrogens is 300 g/mol. The van der Waals surface area contributed by atoms with Gasteiger partial charge in [-0.05, 0) is 50.1 Å². The Kier molecular flexibility index (Phi) is 4.65. The van der Waals surface area contributed by atoms with Gasteiger partial charge in [0.15, 0.2) is 0 Å². The number of anilines is 1. The summed E-state index contributed by atoms with van der Waals surface area (Å²) in [5.41, 5.74) is 3.74. The molecule has 0 bridgehead atoms. The van der Waals surface area contributed by atoms with Crippen molar-refractivity contribution < 1.29 is 9.59 Å². The van der Waals surface area contributed by atoms with Gasteiger partial charge in [-0.15, -0.1) is 0 Å². The van der Waals surface area contributed by atoms with Gasteiger partial charge in [-0.25, -0.2) is 0 Å². The third-order valence-corrected chi connectivity index (χ3v) is 4.44. The lowest BCUT2D eigenvalue weighted by Gasteiger charge is -2.17. The van der Waals surface area contributed by atoms with E-state index in [-0.39, 0.29) is 17.9 Å². The molecule has 2 aromatic rings. The molecular formula is C20H22N2O2. The summed E-state index contributed by atoms with van der Waals surface area (Å²) < 4.78 is 0. The second kappa shape index (κ2) is 6.87. The molecule has 124 valence electrons. The molecule has 1 N–H and O–H groups in total. The number of carbonyl (C=O) groups excluding carboxylic acids is 2. The maximum Gasteiger partial charge on any atom is 0.251 e. The van der Waals surface area contributed by atoms with Gasteiger partial charge in [0, 0.05) is 24.2 Å². The molecule has 1 saturated heterocycles. The molecule has 0 radical (unpaired) electrons. The first-order valence-electron chi connectivity index (χ1n) is 8.32. The molecule has 0 aliphatic carbocycles. The summed E-state index contributed by atoms with van der Waals surface area (Å²) in [6, 6.07) is 15.3. The number of aryl methyl sites for hydroxylation is 1. The summed E-state index contributed by atoms with van der Waals surface area (Å²) >= 11 is 0. The summed E-state index contributed by atoms with van der Waals surface area (Å²) in [6.45, 7) is 4.77. The van der Waals surface area contributed by atoms with Crippen LogP contribution in [-0.2, 0) is 4.79 Å². The smallest absolute Gasteiger partial charge is 0.251 e. The normalized spacial score (nSPS) is 15.4. The monoisotopic (exact) mass is 322 g/mol. The van der Waals surface area contributed by atoms with Crippen LogP contribution < -0.4 is 10.2 Å². The fourth-order valence-electron chi connectivity index (χ4n) is 2.93. The molecule has 1 heterocycles. The van der Waals surface area contributed by atoms with Crippen molar-refractivity contribution in [1.82, 2.24) is 5.32 Å². The Bertz CT molecular complexity index is 735. The van der Waals surface area contributed by atoms with E-state index in [0.717, 1.165) is 24.2 Å². The average Bonchev–Trinajstić information content (AvgIpc) is 3.01. The number of carbonyl (C=O) groups is 2. The van der Waals surface area contributed by atoms with Crippen LogP contribution in [0.2, 0.25) is 0 Å². The zero-order valence-electron chi connectivity index (χ0n) is 14.1. The fourth-order valence-corrected chi connectivity index (χ4v) is 2.93. The minimum atomic E-state index is -0.109. The summed E-state index contributed by atoms with van der Waals surface area (Å²) in [5, 5.41) is 3.01. The fraction of sp³-hybridized carbons (Fsp3) is 0.300. The van der Waals surface area contributed by atoms with Gasteiger partial charge < -0.3 is 10.2 Å². The van der Waals surface area contributed by atoms with Crippen molar-refractivity contribution in [1.29, 1.82) is 0 Å². The summed E-state index contributed by atoms with van der Waals surface area (Å²) in [7, 11) is 0. The van der Waals surface area contributed by atoms with Gasteiger partial charge in [-0.2, -0.15) is 0 Å². The molecule has 1 unspecified atom stereocenters. The van der Waals surface area contributed by atoms with Gasteiger partial charge in [0.2, 0.25) is 5.91 Å². The van der Waals surface area contributed by atoms with Crippen LogP contribution in [0.1, 0.15) is 47.3 Å². The number of rotatable bonds is 4. The van der Waals surface area contributed by atoms with Crippen molar-refractivity contribution in [2.24, 2.45) is 0 Å². The zero-order chi connectivity index (χ0) is 17.1. The minimum Gasteiger partial charge on any atom is -0.346 e. The number of hydrogen-bond acceptors (Lipinski definition) is 2. The molecule has 0 saturated carbocycles. The van der Waals surface area contributed by atoms with Crippen LogP contribution in [0.3, 0.4) is 0 Å². The Hall–Kier alpha value is -2.62. The number of nitrogens with one attached hydrogen (secondary N) is 1. The summed E-state index contributed by atoms with van der Waals surface area (Å²) in [6.07, 6.45) is 1.51. The van der Waals surface area contributed by atoms with E-state index in [1.54, 1.807) is 17.0 Å². The Morgan fingerprint density at radius 3 is 2.33 bits per heavy atom. The highest BCUT2D eigenvalue weighted by atomic mass is 16.2. The first-order valence-corrected chi connectivity index (χ1v) is 8.32. The Labute approximate surface area is 142 Å². The van der Waals surface area contributed by atoms with Crippen LogP contribution in [0.5, 0.6) is 0 Å². The van der Waals surface area contributed by atoms with Crippen molar-refractivity contribution in [2.75, 3.05) is 11.4 Å². The van der Waals surface area contributed by atoms with E-state index >= 15 is 0 Å². The van der Waals surface area contributed by atoms with Gasteiger partial charge in [-0.1, -0.05) is 29.8 Å². The van der Waals surface area contributed by atoms with E-state index in [0.29, 0.717) is 12.0 Å². The second-order valence-electron chi connectivity index (χ2n) is 6.30. The van der Waals surface area contributed by atoms with Crippen molar-refractivity contribution in [3.8, 4) is 0 Å². The van der Waals surface area contributed by atoms with Crippen LogP contribution >= 0.6 is 0 Å². The van der Waals surface area contributed by atoms with Crippen molar-refractivity contribution in [3.05, 3.63) is 65.2 Å². The first kappa shape index (κ1) is 16.2. The first-order chi connectivity index (χ1) is 11.5. The predicted molar refractivity (Wildman–Crippen MR) is 95.1 cm³/mol. The Balaban J connectivity index is 1.66. The van der Waals surface area contributed by atoms with Gasteiger partial charge in [0.05, 0.1) is 6.04 Å². The van der Waals surface area contributed by atoms with Crippen LogP contribution in [0.15, 0.2) is 48.5 Å². The lowest BCUT2D eigenvalue weighted by molar-refractivity contribution is -0.117. The SMILES string of the molecule is Cc1ccc(C(C)NC(=O)c2ccc(N3CCCC3=O)cc2)cc1. The highest BCUT2D eigenvalue weighted by molar-refractivity contribution is 5.97. The molecule has 2 aromatic carbocycles. The third kappa shape index (κ3) is 3.48. The number of benzene rings is 2.